The summed E-state index contributed by atoms with van der Waals surface area (Å²) in [5.41, 5.74) is 3.93. The number of aromatic nitrogens is 2. The SMILES string of the molecule is COc1ccccc1C(C)N=C(C)c1nc2ccccc2[nH]1. The molecule has 0 bridgehead atoms. The normalized spacial score (nSPS) is 13.3. The maximum Gasteiger partial charge on any atom is 0.152 e. The van der Waals surface area contributed by atoms with Crippen LogP contribution in [0.15, 0.2) is 53.5 Å². The number of fused-ring (bicyclic) bond motifs is 1. The minimum absolute atomic E-state index is 0.00404. The van der Waals surface area contributed by atoms with Gasteiger partial charge in [0.2, 0.25) is 0 Å². The fourth-order valence-electron chi connectivity index (χ4n) is 2.56. The zero-order valence-corrected chi connectivity index (χ0v) is 13.0. The first-order valence-corrected chi connectivity index (χ1v) is 7.31. The zero-order valence-electron chi connectivity index (χ0n) is 13.0. The van der Waals surface area contributed by atoms with Crippen LogP contribution in [0.25, 0.3) is 11.0 Å². The maximum atomic E-state index is 5.41. The molecule has 0 radical (unpaired) electrons. The Hall–Kier alpha value is -2.62. The number of imidazole rings is 1. The van der Waals surface area contributed by atoms with Crippen molar-refractivity contribution < 1.29 is 4.74 Å². The second-order valence-electron chi connectivity index (χ2n) is 5.23. The van der Waals surface area contributed by atoms with Crippen molar-refractivity contribution in [3.63, 3.8) is 0 Å². The van der Waals surface area contributed by atoms with Crippen molar-refractivity contribution in [1.29, 1.82) is 0 Å². The number of rotatable bonds is 4. The Balaban J connectivity index is 1.93. The van der Waals surface area contributed by atoms with E-state index in [0.29, 0.717) is 0 Å². The topological polar surface area (TPSA) is 50.3 Å². The molecule has 1 heterocycles. The minimum atomic E-state index is 0.00404. The highest BCUT2D eigenvalue weighted by Crippen LogP contribution is 2.27. The highest BCUT2D eigenvalue weighted by molar-refractivity contribution is 5.98. The standard InChI is InChI=1S/C18H19N3O/c1-12(14-8-4-7-11-17(14)22-3)19-13(2)18-20-15-9-5-6-10-16(15)21-18/h4-12H,1-3H3,(H,20,21). The van der Waals surface area contributed by atoms with E-state index in [4.69, 9.17) is 9.73 Å². The Morgan fingerprint density at radius 2 is 1.86 bits per heavy atom. The van der Waals surface area contributed by atoms with Crippen LogP contribution in [-0.2, 0) is 0 Å². The number of aliphatic imine (C=N–C) groups is 1. The van der Waals surface area contributed by atoms with Crippen LogP contribution >= 0.6 is 0 Å². The molecule has 0 spiro atoms. The lowest BCUT2D eigenvalue weighted by atomic mass is 10.1. The highest BCUT2D eigenvalue weighted by Gasteiger charge is 2.11. The molecule has 4 heteroatoms. The molecular weight excluding hydrogens is 274 g/mol. The third-order valence-corrected chi connectivity index (χ3v) is 3.71. The predicted octanol–water partition coefficient (Wildman–Crippen LogP) is 4.14. The fourth-order valence-corrected chi connectivity index (χ4v) is 2.56. The summed E-state index contributed by atoms with van der Waals surface area (Å²) >= 11 is 0. The molecule has 0 fully saturated rings. The van der Waals surface area contributed by atoms with E-state index in [1.54, 1.807) is 7.11 Å². The zero-order chi connectivity index (χ0) is 15.5. The Labute approximate surface area is 129 Å². The van der Waals surface area contributed by atoms with E-state index in [-0.39, 0.29) is 6.04 Å². The van der Waals surface area contributed by atoms with Crippen molar-refractivity contribution in [3.8, 4) is 5.75 Å². The van der Waals surface area contributed by atoms with Gasteiger partial charge in [0.1, 0.15) is 5.75 Å². The summed E-state index contributed by atoms with van der Waals surface area (Å²) < 4.78 is 5.41. The third kappa shape index (κ3) is 2.72. The van der Waals surface area contributed by atoms with Crippen molar-refractivity contribution in [2.24, 2.45) is 4.99 Å². The Morgan fingerprint density at radius 3 is 2.64 bits per heavy atom. The van der Waals surface area contributed by atoms with Crippen molar-refractivity contribution in [1.82, 2.24) is 9.97 Å². The van der Waals surface area contributed by atoms with E-state index in [1.165, 1.54) is 0 Å². The van der Waals surface area contributed by atoms with Gasteiger partial charge < -0.3 is 9.72 Å². The van der Waals surface area contributed by atoms with Gasteiger partial charge in [-0.05, 0) is 32.0 Å². The van der Waals surface area contributed by atoms with Crippen molar-refractivity contribution >= 4 is 16.7 Å². The maximum absolute atomic E-state index is 5.41. The second-order valence-corrected chi connectivity index (χ2v) is 5.23. The summed E-state index contributed by atoms with van der Waals surface area (Å²) in [5.74, 6) is 1.67. The molecule has 0 saturated carbocycles. The Kier molecular flexibility index (Phi) is 3.92. The van der Waals surface area contributed by atoms with E-state index >= 15 is 0 Å². The van der Waals surface area contributed by atoms with Gasteiger partial charge in [0.15, 0.2) is 5.82 Å². The summed E-state index contributed by atoms with van der Waals surface area (Å²) in [4.78, 5) is 12.7. The number of benzene rings is 2. The number of H-pyrrole nitrogens is 1. The van der Waals surface area contributed by atoms with Crippen LogP contribution in [0.2, 0.25) is 0 Å². The molecule has 4 nitrogen and oxygen atoms in total. The molecule has 1 N–H and O–H groups in total. The minimum Gasteiger partial charge on any atom is -0.496 e. The van der Waals surface area contributed by atoms with Crippen molar-refractivity contribution in [3.05, 3.63) is 59.9 Å². The van der Waals surface area contributed by atoms with Crippen LogP contribution in [-0.4, -0.2) is 22.8 Å². The first-order chi connectivity index (χ1) is 10.7. The van der Waals surface area contributed by atoms with Crippen LogP contribution in [0.4, 0.5) is 0 Å². The van der Waals surface area contributed by atoms with E-state index in [9.17, 15) is 0 Å². The lowest BCUT2D eigenvalue weighted by Gasteiger charge is -2.12. The number of nitrogens with zero attached hydrogens (tertiary/aromatic N) is 2. The van der Waals surface area contributed by atoms with Gasteiger partial charge in [-0.3, -0.25) is 4.99 Å². The number of hydrogen-bond donors (Lipinski definition) is 1. The largest absolute Gasteiger partial charge is 0.496 e. The lowest BCUT2D eigenvalue weighted by Crippen LogP contribution is -2.02. The van der Waals surface area contributed by atoms with E-state index in [2.05, 4.69) is 16.9 Å². The number of ether oxygens (including phenoxy) is 1. The molecule has 0 saturated heterocycles. The summed E-state index contributed by atoms with van der Waals surface area (Å²) in [7, 11) is 1.68. The van der Waals surface area contributed by atoms with Gasteiger partial charge in [0.25, 0.3) is 0 Å². The monoisotopic (exact) mass is 293 g/mol. The summed E-state index contributed by atoms with van der Waals surface area (Å²) in [6, 6.07) is 16.0. The van der Waals surface area contributed by atoms with Gasteiger partial charge >= 0.3 is 0 Å². The average Bonchev–Trinajstić information content (AvgIpc) is 2.99. The van der Waals surface area contributed by atoms with Gasteiger partial charge in [-0.1, -0.05) is 30.3 Å². The van der Waals surface area contributed by atoms with Crippen LogP contribution in [0, 0.1) is 0 Å². The first kappa shape index (κ1) is 14.3. The van der Waals surface area contributed by atoms with Gasteiger partial charge in [-0.2, -0.15) is 0 Å². The second kappa shape index (κ2) is 6.02. The smallest absolute Gasteiger partial charge is 0.152 e. The number of aromatic amines is 1. The average molecular weight is 293 g/mol. The summed E-state index contributed by atoms with van der Waals surface area (Å²) in [6.07, 6.45) is 0. The molecule has 0 aliphatic carbocycles. The molecule has 2 aromatic carbocycles. The quantitative estimate of drug-likeness (QED) is 0.735. The molecule has 3 rings (SSSR count). The summed E-state index contributed by atoms with van der Waals surface area (Å²) in [5, 5.41) is 0. The molecule has 1 aromatic heterocycles. The Morgan fingerprint density at radius 1 is 1.14 bits per heavy atom. The predicted molar refractivity (Wildman–Crippen MR) is 89.7 cm³/mol. The molecule has 112 valence electrons. The van der Waals surface area contributed by atoms with Crippen LogP contribution in [0.1, 0.15) is 31.3 Å². The highest BCUT2D eigenvalue weighted by atomic mass is 16.5. The van der Waals surface area contributed by atoms with Crippen LogP contribution in [0.5, 0.6) is 5.75 Å². The van der Waals surface area contributed by atoms with E-state index < -0.39 is 0 Å². The first-order valence-electron chi connectivity index (χ1n) is 7.31. The van der Waals surface area contributed by atoms with E-state index in [1.807, 2.05) is 55.5 Å². The van der Waals surface area contributed by atoms with E-state index in [0.717, 1.165) is 33.9 Å². The third-order valence-electron chi connectivity index (χ3n) is 3.71. The molecule has 3 aromatic rings. The summed E-state index contributed by atoms with van der Waals surface area (Å²) in [6.45, 7) is 4.04. The fraction of sp³-hybridized carbons (Fsp3) is 0.222. The number of nitrogens with one attached hydrogen (secondary N) is 1. The molecule has 1 atom stereocenters. The molecule has 1 unspecified atom stereocenters. The van der Waals surface area contributed by atoms with Crippen LogP contribution < -0.4 is 4.74 Å². The van der Waals surface area contributed by atoms with Gasteiger partial charge in [0.05, 0.1) is 29.9 Å². The molecule has 0 aliphatic rings. The van der Waals surface area contributed by atoms with Crippen molar-refractivity contribution in [2.45, 2.75) is 19.9 Å². The van der Waals surface area contributed by atoms with Crippen LogP contribution in [0.3, 0.4) is 0 Å². The number of hydrogen-bond acceptors (Lipinski definition) is 3. The molecule has 0 amide bonds. The lowest BCUT2D eigenvalue weighted by molar-refractivity contribution is 0.407. The number of methoxy groups -OCH3 is 1. The van der Waals surface area contributed by atoms with Crippen molar-refractivity contribution in [2.75, 3.05) is 7.11 Å². The van der Waals surface area contributed by atoms with Gasteiger partial charge in [-0.15, -0.1) is 0 Å². The molecule has 0 aliphatic heterocycles. The van der Waals surface area contributed by atoms with Gasteiger partial charge in [0, 0.05) is 5.56 Å². The molecular formula is C18H19N3O. The number of para-hydroxylation sites is 3. The van der Waals surface area contributed by atoms with Gasteiger partial charge in [-0.25, -0.2) is 4.98 Å². The Bertz CT molecular complexity index is 787. The molecule has 22 heavy (non-hydrogen) atoms.